The molecule has 0 aromatic heterocycles. The van der Waals surface area contributed by atoms with Crippen molar-refractivity contribution < 1.29 is 24.1 Å². The van der Waals surface area contributed by atoms with Crippen molar-refractivity contribution in [1.82, 2.24) is 0 Å². The first-order chi connectivity index (χ1) is 15.3. The largest absolute Gasteiger partial charge is 0.507 e. The number of phenols is 1. The maximum Gasteiger partial charge on any atom is 0.306 e. The molecule has 5 heteroatoms. The normalized spacial score (nSPS) is 22.1. The van der Waals surface area contributed by atoms with E-state index in [1.54, 1.807) is 0 Å². The van der Waals surface area contributed by atoms with Gasteiger partial charge in [-0.2, -0.15) is 0 Å². The Morgan fingerprint density at radius 2 is 1.88 bits per heavy atom. The second-order valence-electron chi connectivity index (χ2n) is 11.6. The van der Waals surface area contributed by atoms with Crippen LogP contribution >= 0.6 is 0 Å². The first kappa shape index (κ1) is 27.7. The Morgan fingerprint density at radius 3 is 2.48 bits per heavy atom. The lowest BCUT2D eigenvalue weighted by Crippen LogP contribution is -2.39. The number of benzene rings is 1. The van der Waals surface area contributed by atoms with E-state index in [0.717, 1.165) is 42.4 Å². The Balaban J connectivity index is 1.92. The third-order valence-corrected chi connectivity index (χ3v) is 7.00. The molecule has 5 nitrogen and oxygen atoms in total. The molecule has 1 fully saturated rings. The van der Waals surface area contributed by atoms with Crippen LogP contribution in [0.1, 0.15) is 97.3 Å². The van der Waals surface area contributed by atoms with Crippen LogP contribution in [0, 0.1) is 17.8 Å². The number of rotatable bonds is 9. The molecule has 0 saturated carbocycles. The van der Waals surface area contributed by atoms with E-state index in [2.05, 4.69) is 34.6 Å². The monoisotopic (exact) mass is 462 g/mol. The smallest absolute Gasteiger partial charge is 0.306 e. The van der Waals surface area contributed by atoms with Crippen molar-refractivity contribution >= 4 is 5.97 Å². The summed E-state index contributed by atoms with van der Waals surface area (Å²) in [4.78, 5) is 12.5. The summed E-state index contributed by atoms with van der Waals surface area (Å²) in [5, 5.41) is 10.4. The molecule has 1 N–H and O–H groups in total. The fourth-order valence-corrected chi connectivity index (χ4v) is 4.61. The van der Waals surface area contributed by atoms with Crippen LogP contribution in [0.3, 0.4) is 0 Å². The molecule has 0 bridgehead atoms. The molecule has 1 heterocycles. The SMILES string of the molecule is CCCC1(CC)CCOC(C(C)(C)COC(=O)CCc2cc(C)c(O)c(C(C)(C)C)c2)OC1. The maximum absolute atomic E-state index is 12.5. The van der Waals surface area contributed by atoms with Gasteiger partial charge in [0.25, 0.3) is 0 Å². The summed E-state index contributed by atoms with van der Waals surface area (Å²) in [7, 11) is 0. The maximum atomic E-state index is 12.5. The zero-order chi connectivity index (χ0) is 24.9. The predicted octanol–water partition coefficient (Wildman–Crippen LogP) is 6.46. The van der Waals surface area contributed by atoms with Crippen molar-refractivity contribution in [3.63, 3.8) is 0 Å². The highest BCUT2D eigenvalue weighted by molar-refractivity contribution is 5.69. The third kappa shape index (κ3) is 7.45. The van der Waals surface area contributed by atoms with Gasteiger partial charge in [-0.15, -0.1) is 0 Å². The number of hydrogen-bond donors (Lipinski definition) is 1. The van der Waals surface area contributed by atoms with Crippen LogP contribution in [-0.4, -0.2) is 37.2 Å². The van der Waals surface area contributed by atoms with Gasteiger partial charge >= 0.3 is 5.97 Å². The molecule has 33 heavy (non-hydrogen) atoms. The highest BCUT2D eigenvalue weighted by atomic mass is 16.7. The Labute approximate surface area is 201 Å². The van der Waals surface area contributed by atoms with Gasteiger partial charge in [-0.1, -0.05) is 67.0 Å². The molecule has 0 spiro atoms. The molecule has 1 saturated heterocycles. The van der Waals surface area contributed by atoms with Crippen molar-refractivity contribution in [1.29, 1.82) is 0 Å². The van der Waals surface area contributed by atoms with Gasteiger partial charge in [-0.05, 0) is 60.1 Å². The number of phenolic OH excluding ortho intramolecular Hbond substituents is 1. The number of ether oxygens (including phenoxy) is 3. The summed E-state index contributed by atoms with van der Waals surface area (Å²) in [6.45, 7) is 18.2. The molecule has 1 aliphatic heterocycles. The summed E-state index contributed by atoms with van der Waals surface area (Å²) in [6, 6.07) is 3.95. The fraction of sp³-hybridized carbons (Fsp3) is 0.750. The van der Waals surface area contributed by atoms with Crippen LogP contribution < -0.4 is 0 Å². The topological polar surface area (TPSA) is 65.0 Å². The van der Waals surface area contributed by atoms with Crippen LogP contribution in [0.4, 0.5) is 0 Å². The lowest BCUT2D eigenvalue weighted by molar-refractivity contribution is -0.206. The molecule has 2 rings (SSSR count). The van der Waals surface area contributed by atoms with Gasteiger partial charge in [-0.25, -0.2) is 0 Å². The van der Waals surface area contributed by atoms with E-state index in [-0.39, 0.29) is 29.7 Å². The second-order valence-corrected chi connectivity index (χ2v) is 11.6. The van der Waals surface area contributed by atoms with E-state index in [1.807, 2.05) is 32.9 Å². The standard InChI is InChI=1S/C28H46O5/c1-9-13-28(10-2)14-15-31-25(33-19-28)27(7,8)18-32-23(29)12-11-21-16-20(3)24(30)22(17-21)26(4,5)6/h16-17,25,30H,9-15,18-19H2,1-8H3. The van der Waals surface area contributed by atoms with Crippen LogP contribution in [0.25, 0.3) is 0 Å². The number of carbonyl (C=O) groups excluding carboxylic acids is 1. The van der Waals surface area contributed by atoms with Crippen molar-refractivity contribution in [3.05, 3.63) is 28.8 Å². The molecule has 1 aromatic rings. The van der Waals surface area contributed by atoms with Gasteiger partial charge in [0, 0.05) is 11.8 Å². The Morgan fingerprint density at radius 1 is 1.18 bits per heavy atom. The molecule has 0 radical (unpaired) electrons. The minimum absolute atomic E-state index is 0.166. The molecular formula is C28H46O5. The Bertz CT molecular complexity index is 792. The van der Waals surface area contributed by atoms with E-state index >= 15 is 0 Å². The van der Waals surface area contributed by atoms with Gasteiger partial charge in [0.05, 0.1) is 13.2 Å². The van der Waals surface area contributed by atoms with Gasteiger partial charge in [0.15, 0.2) is 6.29 Å². The number of carbonyl (C=O) groups is 1. The summed E-state index contributed by atoms with van der Waals surface area (Å²) >= 11 is 0. The molecule has 0 amide bonds. The minimum atomic E-state index is -0.430. The first-order valence-electron chi connectivity index (χ1n) is 12.6. The van der Waals surface area contributed by atoms with Crippen LogP contribution in [0.2, 0.25) is 0 Å². The fourth-order valence-electron chi connectivity index (χ4n) is 4.61. The van der Waals surface area contributed by atoms with Crippen LogP contribution in [0.5, 0.6) is 5.75 Å². The number of hydrogen-bond acceptors (Lipinski definition) is 5. The van der Waals surface area contributed by atoms with Crippen LogP contribution in [-0.2, 0) is 30.8 Å². The van der Waals surface area contributed by atoms with Crippen LogP contribution in [0.15, 0.2) is 12.1 Å². The molecule has 1 aromatic carbocycles. The van der Waals surface area contributed by atoms with Crippen molar-refractivity contribution in [2.75, 3.05) is 19.8 Å². The summed E-state index contributed by atoms with van der Waals surface area (Å²) in [5.74, 6) is 0.110. The van der Waals surface area contributed by atoms with E-state index in [0.29, 0.717) is 31.8 Å². The summed E-state index contributed by atoms with van der Waals surface area (Å²) in [6.07, 6.45) is 4.86. The van der Waals surface area contributed by atoms with E-state index in [4.69, 9.17) is 14.2 Å². The lowest BCUT2D eigenvalue weighted by atomic mass is 9.79. The quantitative estimate of drug-likeness (QED) is 0.427. The third-order valence-electron chi connectivity index (χ3n) is 7.00. The first-order valence-corrected chi connectivity index (χ1v) is 12.6. The van der Waals surface area contributed by atoms with Gasteiger partial charge in [0.1, 0.15) is 12.4 Å². The van der Waals surface area contributed by atoms with Crippen molar-refractivity contribution in [3.8, 4) is 5.75 Å². The number of esters is 1. The molecule has 2 atom stereocenters. The summed E-state index contributed by atoms with van der Waals surface area (Å²) in [5.41, 5.74) is 2.36. The van der Waals surface area contributed by atoms with Gasteiger partial charge in [0.2, 0.25) is 0 Å². The average molecular weight is 463 g/mol. The van der Waals surface area contributed by atoms with Gasteiger partial charge < -0.3 is 19.3 Å². The average Bonchev–Trinajstić information content (AvgIpc) is 2.96. The number of aromatic hydroxyl groups is 1. The van der Waals surface area contributed by atoms with E-state index in [9.17, 15) is 9.90 Å². The van der Waals surface area contributed by atoms with Crippen molar-refractivity contribution in [2.45, 2.75) is 106 Å². The van der Waals surface area contributed by atoms with Crippen molar-refractivity contribution in [2.24, 2.45) is 10.8 Å². The molecule has 188 valence electrons. The summed E-state index contributed by atoms with van der Waals surface area (Å²) < 4.78 is 17.9. The minimum Gasteiger partial charge on any atom is -0.507 e. The highest BCUT2D eigenvalue weighted by Crippen LogP contribution is 2.38. The zero-order valence-electron chi connectivity index (χ0n) is 22.2. The lowest BCUT2D eigenvalue weighted by Gasteiger charge is -2.34. The molecule has 2 unspecified atom stereocenters. The van der Waals surface area contributed by atoms with Gasteiger partial charge in [-0.3, -0.25) is 4.79 Å². The highest BCUT2D eigenvalue weighted by Gasteiger charge is 2.39. The zero-order valence-corrected chi connectivity index (χ0v) is 22.2. The Hall–Kier alpha value is -1.59. The second kappa shape index (κ2) is 11.2. The van der Waals surface area contributed by atoms with E-state index < -0.39 is 5.41 Å². The van der Waals surface area contributed by atoms with E-state index in [1.165, 1.54) is 0 Å². The molecular weight excluding hydrogens is 416 g/mol. The Kier molecular flexibility index (Phi) is 9.41. The number of aryl methyl sites for hydroxylation is 2. The molecule has 1 aliphatic rings. The molecule has 0 aliphatic carbocycles. The predicted molar refractivity (Wildman–Crippen MR) is 133 cm³/mol.